The molecule has 0 atom stereocenters. The molecule has 0 saturated heterocycles. The average Bonchev–Trinajstić information content (AvgIpc) is 2.03. The third-order valence-electron chi connectivity index (χ3n) is 1.33. The van der Waals surface area contributed by atoms with Gasteiger partial charge in [-0.15, -0.1) is 0 Å². The maximum atomic E-state index is 8.96. The minimum atomic E-state index is 0.252. The van der Waals surface area contributed by atoms with Gasteiger partial charge in [0.2, 0.25) is 0 Å². The summed E-state index contributed by atoms with van der Waals surface area (Å²) in [5, 5.41) is 8.96. The van der Waals surface area contributed by atoms with Gasteiger partial charge in [-0.25, -0.2) is 0 Å². The molecule has 1 rings (SSSR count). The van der Waals surface area contributed by atoms with E-state index in [2.05, 4.69) is 12.2 Å². The van der Waals surface area contributed by atoms with E-state index in [4.69, 9.17) is 10.8 Å². The van der Waals surface area contributed by atoms with Crippen LogP contribution in [0.5, 0.6) is 5.75 Å². The second kappa shape index (κ2) is 3.88. The summed E-state index contributed by atoms with van der Waals surface area (Å²) in [6.45, 7) is 0. The first kappa shape index (κ1) is 8.74. The quantitative estimate of drug-likeness (QED) is 0.536. The maximum Gasteiger partial charge on any atom is 0.115 e. The number of phenols is 1. The van der Waals surface area contributed by atoms with Gasteiger partial charge in [0.05, 0.1) is 4.99 Å². The van der Waals surface area contributed by atoms with Gasteiger partial charge in [0.1, 0.15) is 5.75 Å². The van der Waals surface area contributed by atoms with Crippen molar-refractivity contribution in [2.45, 2.75) is 0 Å². The predicted octanol–water partition coefficient (Wildman–Crippen LogP) is 1.69. The summed E-state index contributed by atoms with van der Waals surface area (Å²) in [5.41, 5.74) is 6.22. The summed E-state index contributed by atoms with van der Waals surface area (Å²) in [4.78, 5) is 0.350. The zero-order valence-corrected chi connectivity index (χ0v) is 7.21. The molecule has 0 fully saturated rings. The van der Waals surface area contributed by atoms with Gasteiger partial charge in [0.15, 0.2) is 0 Å². The predicted molar refractivity (Wildman–Crippen MR) is 53.9 cm³/mol. The Labute approximate surface area is 76.3 Å². The molecule has 62 valence electrons. The van der Waals surface area contributed by atoms with E-state index < -0.39 is 0 Å². The molecule has 3 N–H and O–H groups in total. The number of thiocarbonyl (C=S) groups is 1. The number of hydrogen-bond acceptors (Lipinski definition) is 2. The lowest BCUT2D eigenvalue weighted by molar-refractivity contribution is 0.475. The van der Waals surface area contributed by atoms with Crippen LogP contribution in [0.2, 0.25) is 0 Å². The van der Waals surface area contributed by atoms with Crippen molar-refractivity contribution in [3.63, 3.8) is 0 Å². The molecule has 12 heavy (non-hydrogen) atoms. The van der Waals surface area contributed by atoms with Crippen molar-refractivity contribution in [2.75, 3.05) is 0 Å². The summed E-state index contributed by atoms with van der Waals surface area (Å²) in [7, 11) is 0. The topological polar surface area (TPSA) is 46.2 Å². The van der Waals surface area contributed by atoms with Gasteiger partial charge in [-0.05, 0) is 23.8 Å². The van der Waals surface area contributed by atoms with E-state index >= 15 is 0 Å². The third kappa shape index (κ3) is 2.72. The molecule has 0 radical (unpaired) electrons. The van der Waals surface area contributed by atoms with Gasteiger partial charge in [-0.1, -0.05) is 30.4 Å². The Morgan fingerprint density at radius 2 is 1.92 bits per heavy atom. The minimum absolute atomic E-state index is 0.252. The molecular formula is C9H9NOS. The molecule has 0 heterocycles. The Bertz CT molecular complexity index is 303. The minimum Gasteiger partial charge on any atom is -0.508 e. The Morgan fingerprint density at radius 1 is 1.33 bits per heavy atom. The molecule has 0 aliphatic heterocycles. The standard InChI is InChI=1S/C9H9NOS/c10-9(12)6-3-7-1-4-8(11)5-2-7/h1-6,11H,(H2,10,12). The fraction of sp³-hybridized carbons (Fsp3) is 0. The second-order valence-electron chi connectivity index (χ2n) is 2.33. The molecule has 0 aliphatic carbocycles. The first-order valence-corrected chi connectivity index (χ1v) is 3.86. The van der Waals surface area contributed by atoms with Crippen LogP contribution in [-0.2, 0) is 0 Å². The summed E-state index contributed by atoms with van der Waals surface area (Å²) >= 11 is 4.66. The van der Waals surface area contributed by atoms with Crippen LogP contribution < -0.4 is 5.73 Å². The Morgan fingerprint density at radius 3 is 2.42 bits per heavy atom. The third-order valence-corrected chi connectivity index (χ3v) is 1.47. The molecule has 0 unspecified atom stereocenters. The van der Waals surface area contributed by atoms with Gasteiger partial charge in [0.25, 0.3) is 0 Å². The van der Waals surface area contributed by atoms with Gasteiger partial charge < -0.3 is 10.8 Å². The van der Waals surface area contributed by atoms with Gasteiger partial charge in [-0.2, -0.15) is 0 Å². The highest BCUT2D eigenvalue weighted by Gasteiger charge is 1.87. The molecule has 0 aromatic heterocycles. The number of rotatable bonds is 2. The van der Waals surface area contributed by atoms with E-state index in [1.807, 2.05) is 0 Å². The Balaban J connectivity index is 2.77. The Kier molecular flexibility index (Phi) is 2.82. The molecule has 0 amide bonds. The number of nitrogens with two attached hydrogens (primary N) is 1. The van der Waals surface area contributed by atoms with Crippen molar-refractivity contribution in [3.8, 4) is 5.75 Å². The summed E-state index contributed by atoms with van der Waals surface area (Å²) in [5.74, 6) is 0.252. The SMILES string of the molecule is NC(=S)C=Cc1ccc(O)cc1. The van der Waals surface area contributed by atoms with E-state index in [0.717, 1.165) is 5.56 Å². The van der Waals surface area contributed by atoms with Crippen LogP contribution in [-0.4, -0.2) is 10.1 Å². The van der Waals surface area contributed by atoms with Gasteiger partial charge in [0, 0.05) is 0 Å². The van der Waals surface area contributed by atoms with Gasteiger partial charge >= 0.3 is 0 Å². The lowest BCUT2D eigenvalue weighted by atomic mass is 10.2. The van der Waals surface area contributed by atoms with Crippen molar-refractivity contribution in [1.29, 1.82) is 0 Å². The number of phenolic OH excluding ortho intramolecular Hbond substituents is 1. The normalized spacial score (nSPS) is 10.3. The van der Waals surface area contributed by atoms with Crippen LogP contribution in [0.15, 0.2) is 30.3 Å². The number of hydrogen-bond donors (Lipinski definition) is 2. The number of aromatic hydroxyl groups is 1. The van der Waals surface area contributed by atoms with Crippen LogP contribution in [0.25, 0.3) is 6.08 Å². The van der Waals surface area contributed by atoms with Crippen LogP contribution in [0.1, 0.15) is 5.56 Å². The highest BCUT2D eigenvalue weighted by atomic mass is 32.1. The molecule has 3 heteroatoms. The van der Waals surface area contributed by atoms with Crippen molar-refractivity contribution in [3.05, 3.63) is 35.9 Å². The highest BCUT2D eigenvalue weighted by Crippen LogP contribution is 2.10. The van der Waals surface area contributed by atoms with Crippen molar-refractivity contribution in [1.82, 2.24) is 0 Å². The average molecular weight is 179 g/mol. The van der Waals surface area contributed by atoms with E-state index in [-0.39, 0.29) is 5.75 Å². The molecule has 0 spiro atoms. The molecular weight excluding hydrogens is 170 g/mol. The van der Waals surface area contributed by atoms with Crippen molar-refractivity contribution >= 4 is 23.3 Å². The van der Waals surface area contributed by atoms with Crippen molar-refractivity contribution < 1.29 is 5.11 Å². The smallest absolute Gasteiger partial charge is 0.115 e. The summed E-state index contributed by atoms with van der Waals surface area (Å²) in [6, 6.07) is 6.78. The van der Waals surface area contributed by atoms with Crippen LogP contribution in [0.4, 0.5) is 0 Å². The van der Waals surface area contributed by atoms with Gasteiger partial charge in [-0.3, -0.25) is 0 Å². The molecule has 0 bridgehead atoms. The zero-order chi connectivity index (χ0) is 8.97. The van der Waals surface area contributed by atoms with E-state index in [0.29, 0.717) is 4.99 Å². The monoisotopic (exact) mass is 179 g/mol. The number of benzene rings is 1. The lowest BCUT2D eigenvalue weighted by Gasteiger charge is -1.92. The van der Waals surface area contributed by atoms with E-state index in [9.17, 15) is 0 Å². The zero-order valence-electron chi connectivity index (χ0n) is 6.40. The highest BCUT2D eigenvalue weighted by molar-refractivity contribution is 7.80. The summed E-state index contributed by atoms with van der Waals surface area (Å²) < 4.78 is 0. The first-order valence-electron chi connectivity index (χ1n) is 3.45. The molecule has 1 aromatic carbocycles. The molecule has 0 saturated carbocycles. The fourth-order valence-corrected chi connectivity index (χ4v) is 0.832. The fourth-order valence-electron chi connectivity index (χ4n) is 0.764. The lowest BCUT2D eigenvalue weighted by Crippen LogP contribution is -2.01. The Hall–Kier alpha value is -1.35. The van der Waals surface area contributed by atoms with E-state index in [1.165, 1.54) is 0 Å². The van der Waals surface area contributed by atoms with Crippen LogP contribution >= 0.6 is 12.2 Å². The van der Waals surface area contributed by atoms with E-state index in [1.54, 1.807) is 36.4 Å². The van der Waals surface area contributed by atoms with Crippen LogP contribution in [0, 0.1) is 0 Å². The van der Waals surface area contributed by atoms with Crippen molar-refractivity contribution in [2.24, 2.45) is 5.73 Å². The molecule has 1 aromatic rings. The molecule has 2 nitrogen and oxygen atoms in total. The first-order chi connectivity index (χ1) is 5.68. The van der Waals surface area contributed by atoms with Crippen LogP contribution in [0.3, 0.4) is 0 Å². The maximum absolute atomic E-state index is 8.96. The summed E-state index contributed by atoms with van der Waals surface area (Å²) in [6.07, 6.45) is 3.43. The molecule has 0 aliphatic rings. The second-order valence-corrected chi connectivity index (χ2v) is 2.80. The largest absolute Gasteiger partial charge is 0.508 e.